The van der Waals surface area contributed by atoms with Crippen molar-refractivity contribution in [3.63, 3.8) is 0 Å². The molecule has 0 heterocycles. The number of aliphatic hydroxyl groups is 1. The Hall–Kier alpha value is -0.100. The minimum atomic E-state index is -4.42. The smallest absolute Gasteiger partial charge is 0.388 e. The Balaban J connectivity index is 3.36. The van der Waals surface area contributed by atoms with Gasteiger partial charge in [-0.1, -0.05) is 103 Å². The van der Waals surface area contributed by atoms with Gasteiger partial charge >= 0.3 is 13.8 Å². The van der Waals surface area contributed by atoms with Gasteiger partial charge in [-0.3, -0.25) is 4.79 Å². The molecule has 0 aliphatic rings. The molecule has 0 aliphatic carbocycles. The monoisotopic (exact) mass is 423 g/mol. The molecule has 168 valence electrons. The van der Waals surface area contributed by atoms with E-state index in [4.69, 9.17) is 9.84 Å². The topological polar surface area (TPSA) is 107 Å². The summed E-state index contributed by atoms with van der Waals surface area (Å²) >= 11 is 0. The summed E-state index contributed by atoms with van der Waals surface area (Å²) in [4.78, 5) is 38.9. The first-order valence-electron chi connectivity index (χ1n) is 11.3. The zero-order valence-electron chi connectivity index (χ0n) is 17.9. The molecule has 0 aromatic carbocycles. The third-order valence-corrected chi connectivity index (χ3v) is 6.09. The van der Waals surface area contributed by atoms with Crippen LogP contribution in [0.15, 0.2) is 0 Å². The highest BCUT2D eigenvalue weighted by Gasteiger charge is 2.48. The molecule has 0 aromatic rings. The standard InChI is InChI=1S/C21H44O6P/c1-2-3-4-5-6-7-8-9-10-11-12-13-14-15-16-17-18-27-21(20(23)19-22)28(24,25)26/h21-22,24-26H,2-19H2,1H3/q+1. The fourth-order valence-corrected chi connectivity index (χ4v) is 4.08. The van der Waals surface area contributed by atoms with Crippen molar-refractivity contribution in [3.8, 4) is 0 Å². The van der Waals surface area contributed by atoms with Gasteiger partial charge in [0.05, 0.1) is 6.61 Å². The number of carbonyl (C=O) groups excluding carboxylic acids is 1. The number of unbranched alkanes of at least 4 members (excludes halogenated alkanes) is 15. The first-order valence-corrected chi connectivity index (χ1v) is 13.0. The van der Waals surface area contributed by atoms with Gasteiger partial charge in [-0.25, -0.2) is 0 Å². The van der Waals surface area contributed by atoms with E-state index in [-0.39, 0.29) is 6.61 Å². The summed E-state index contributed by atoms with van der Waals surface area (Å²) in [5, 5.41) is 8.77. The number of carbonyl (C=O) groups is 1. The molecule has 28 heavy (non-hydrogen) atoms. The van der Waals surface area contributed by atoms with E-state index < -0.39 is 26.2 Å². The van der Waals surface area contributed by atoms with E-state index in [1.54, 1.807) is 0 Å². The van der Waals surface area contributed by atoms with Gasteiger partial charge in [-0.05, 0) is 6.42 Å². The maximum atomic E-state index is 11.3. The third kappa shape index (κ3) is 16.8. The fraction of sp³-hybridized carbons (Fsp3) is 0.952. The van der Waals surface area contributed by atoms with Crippen molar-refractivity contribution >= 4 is 13.7 Å². The predicted octanol–water partition coefficient (Wildman–Crippen LogP) is 4.89. The first kappa shape index (κ1) is 27.9. The second-order valence-corrected chi connectivity index (χ2v) is 9.46. The van der Waals surface area contributed by atoms with Crippen molar-refractivity contribution in [2.75, 3.05) is 13.2 Å². The molecule has 0 radical (unpaired) electrons. The summed E-state index contributed by atoms with van der Waals surface area (Å²) in [7, 11) is -4.42. The van der Waals surface area contributed by atoms with Crippen LogP contribution in [0, 0.1) is 0 Å². The Morgan fingerprint density at radius 2 is 1.07 bits per heavy atom. The average Bonchev–Trinajstić information content (AvgIpc) is 2.65. The van der Waals surface area contributed by atoms with Gasteiger partial charge < -0.3 is 9.84 Å². The van der Waals surface area contributed by atoms with Crippen LogP contribution in [0.4, 0.5) is 0 Å². The second-order valence-electron chi connectivity index (χ2n) is 7.77. The number of ether oxygens (including phenoxy) is 1. The Morgan fingerprint density at radius 1 is 0.714 bits per heavy atom. The van der Waals surface area contributed by atoms with Crippen molar-refractivity contribution in [1.82, 2.24) is 0 Å². The summed E-state index contributed by atoms with van der Waals surface area (Å²) in [6, 6.07) is 0. The molecule has 7 heteroatoms. The zero-order chi connectivity index (χ0) is 21.1. The molecule has 0 saturated carbocycles. The number of hydrogen-bond donors (Lipinski definition) is 4. The van der Waals surface area contributed by atoms with Crippen LogP contribution in [0.1, 0.15) is 110 Å². The maximum absolute atomic E-state index is 11.3. The van der Waals surface area contributed by atoms with E-state index in [1.165, 1.54) is 83.5 Å². The van der Waals surface area contributed by atoms with Gasteiger partial charge in [-0.2, -0.15) is 14.7 Å². The van der Waals surface area contributed by atoms with Crippen LogP contribution in [0.5, 0.6) is 0 Å². The van der Waals surface area contributed by atoms with E-state index in [2.05, 4.69) is 6.92 Å². The molecule has 0 aromatic heterocycles. The predicted molar refractivity (Wildman–Crippen MR) is 115 cm³/mol. The minimum absolute atomic E-state index is 0.165. The van der Waals surface area contributed by atoms with Crippen LogP contribution in [0.2, 0.25) is 0 Å². The lowest BCUT2D eigenvalue weighted by Crippen LogP contribution is -2.30. The van der Waals surface area contributed by atoms with Gasteiger partial charge in [0.2, 0.25) is 5.78 Å². The lowest BCUT2D eigenvalue weighted by molar-refractivity contribution is -0.129. The Bertz CT molecular complexity index is 359. The summed E-state index contributed by atoms with van der Waals surface area (Å²) < 4.78 is 5.07. The summed E-state index contributed by atoms with van der Waals surface area (Å²) in [5.41, 5.74) is 0. The lowest BCUT2D eigenvalue weighted by atomic mass is 10.0. The van der Waals surface area contributed by atoms with Crippen LogP contribution < -0.4 is 0 Å². The Morgan fingerprint density at radius 3 is 1.39 bits per heavy atom. The Kier molecular flexibility index (Phi) is 18.8. The largest absolute Gasteiger partial charge is 0.443 e. The minimum Gasteiger partial charge on any atom is -0.388 e. The molecule has 6 nitrogen and oxygen atoms in total. The van der Waals surface area contributed by atoms with Crippen LogP contribution in [0.25, 0.3) is 0 Å². The molecule has 0 spiro atoms. The van der Waals surface area contributed by atoms with Crippen molar-refractivity contribution < 1.29 is 29.3 Å². The molecule has 0 saturated heterocycles. The fourth-order valence-electron chi connectivity index (χ4n) is 3.31. The summed E-state index contributed by atoms with van der Waals surface area (Å²) in [6.07, 6.45) is 20.1. The van der Waals surface area contributed by atoms with E-state index in [1.807, 2.05) is 0 Å². The molecule has 0 aliphatic heterocycles. The van der Waals surface area contributed by atoms with Crippen LogP contribution in [-0.2, 0) is 9.53 Å². The molecule has 0 rings (SSSR count). The van der Waals surface area contributed by atoms with E-state index in [0.717, 1.165) is 12.8 Å². The van der Waals surface area contributed by atoms with Crippen molar-refractivity contribution in [3.05, 3.63) is 0 Å². The summed E-state index contributed by atoms with van der Waals surface area (Å²) in [6.45, 7) is 1.54. The number of hydrogen-bond acceptors (Lipinski definition) is 6. The van der Waals surface area contributed by atoms with Crippen molar-refractivity contribution in [2.24, 2.45) is 0 Å². The number of Topliss-reactive ketones (excluding diaryl/α,β-unsaturated/α-hetero) is 1. The molecular formula is C21H44O6P+. The van der Waals surface area contributed by atoms with E-state index >= 15 is 0 Å². The van der Waals surface area contributed by atoms with Gasteiger partial charge in [0.15, 0.2) is 0 Å². The van der Waals surface area contributed by atoms with Crippen molar-refractivity contribution in [1.29, 1.82) is 0 Å². The number of aliphatic hydroxyl groups excluding tert-OH is 1. The molecule has 1 atom stereocenters. The maximum Gasteiger partial charge on any atom is 0.443 e. The lowest BCUT2D eigenvalue weighted by Gasteiger charge is -2.15. The van der Waals surface area contributed by atoms with E-state index in [9.17, 15) is 19.5 Å². The zero-order valence-corrected chi connectivity index (χ0v) is 18.8. The second kappa shape index (κ2) is 18.9. The number of rotatable bonds is 21. The third-order valence-electron chi connectivity index (χ3n) is 5.02. The van der Waals surface area contributed by atoms with Crippen molar-refractivity contribution in [2.45, 2.75) is 116 Å². The molecule has 1 unspecified atom stereocenters. The molecule has 0 amide bonds. The van der Waals surface area contributed by atoms with Gasteiger partial charge in [0.25, 0.3) is 0 Å². The van der Waals surface area contributed by atoms with E-state index in [0.29, 0.717) is 6.42 Å². The molecule has 0 fully saturated rings. The normalized spacial score (nSPS) is 13.0. The van der Waals surface area contributed by atoms with Gasteiger partial charge in [-0.15, -0.1) is 0 Å². The van der Waals surface area contributed by atoms with Gasteiger partial charge in [0, 0.05) is 0 Å². The molecular weight excluding hydrogens is 379 g/mol. The summed E-state index contributed by atoms with van der Waals surface area (Å²) in [5.74, 6) is -2.62. The average molecular weight is 424 g/mol. The SMILES string of the molecule is CCCCCCCCCCCCCCCCCCOC(C(=O)CO)[P+](O)(O)O. The molecule has 0 bridgehead atoms. The first-order chi connectivity index (χ1) is 13.4. The highest BCUT2D eigenvalue weighted by atomic mass is 31.2. The highest BCUT2D eigenvalue weighted by Crippen LogP contribution is 2.51. The van der Waals surface area contributed by atoms with Crippen LogP contribution >= 0.6 is 7.94 Å². The van der Waals surface area contributed by atoms with Crippen LogP contribution in [-0.4, -0.2) is 44.6 Å². The molecule has 4 N–H and O–H groups in total. The quantitative estimate of drug-likeness (QED) is 0.155. The number of ketones is 1. The highest BCUT2D eigenvalue weighted by molar-refractivity contribution is 7.60. The van der Waals surface area contributed by atoms with Gasteiger partial charge in [0.1, 0.15) is 6.61 Å². The van der Waals surface area contributed by atoms with Crippen LogP contribution in [0.3, 0.4) is 0 Å². The Labute approximate surface area is 172 Å².